The molecule has 0 heterocycles. The second-order valence-corrected chi connectivity index (χ2v) is 5.51. The van der Waals surface area contributed by atoms with Gasteiger partial charge in [0.05, 0.1) is 12.7 Å². The summed E-state index contributed by atoms with van der Waals surface area (Å²) in [4.78, 5) is 0. The van der Waals surface area contributed by atoms with Gasteiger partial charge >= 0.3 is 0 Å². The molecule has 18 heavy (non-hydrogen) atoms. The lowest BCUT2D eigenvalue weighted by atomic mass is 10.1. The molecule has 0 aliphatic carbocycles. The molecule has 1 rings (SSSR count). The first-order valence-electron chi connectivity index (χ1n) is 6.64. The van der Waals surface area contributed by atoms with Crippen molar-refractivity contribution in [2.75, 3.05) is 19.7 Å². The number of ether oxygens (including phenoxy) is 1. The molecule has 1 N–H and O–H groups in total. The number of hydrogen-bond acceptors (Lipinski definition) is 2. The van der Waals surface area contributed by atoms with E-state index in [0.717, 1.165) is 31.1 Å². The molecule has 0 aliphatic rings. The second kappa shape index (κ2) is 8.52. The van der Waals surface area contributed by atoms with Crippen molar-refractivity contribution in [1.29, 1.82) is 0 Å². The highest BCUT2D eigenvalue weighted by Crippen LogP contribution is 2.10. The first-order valence-corrected chi connectivity index (χ1v) is 7.02. The molecule has 102 valence electrons. The van der Waals surface area contributed by atoms with Crippen LogP contribution in [0.5, 0.6) is 0 Å². The Hall–Kier alpha value is -0.570. The van der Waals surface area contributed by atoms with Crippen molar-refractivity contribution in [3.05, 3.63) is 34.9 Å². The Balaban J connectivity index is 2.11. The lowest BCUT2D eigenvalue weighted by Crippen LogP contribution is -2.26. The topological polar surface area (TPSA) is 21.3 Å². The van der Waals surface area contributed by atoms with Crippen molar-refractivity contribution in [2.24, 2.45) is 5.92 Å². The maximum absolute atomic E-state index is 5.94. The fourth-order valence-corrected chi connectivity index (χ4v) is 1.90. The normalized spacial score (nSPS) is 12.9. The fraction of sp³-hybridized carbons (Fsp3) is 0.600. The molecule has 0 radical (unpaired) electrons. The Morgan fingerprint density at radius 2 is 2.06 bits per heavy atom. The molecule has 3 heteroatoms. The van der Waals surface area contributed by atoms with E-state index >= 15 is 0 Å². The van der Waals surface area contributed by atoms with Crippen LogP contribution in [-0.4, -0.2) is 25.8 Å². The predicted molar refractivity (Wildman–Crippen MR) is 78.3 cm³/mol. The van der Waals surface area contributed by atoms with Gasteiger partial charge in [-0.05, 0) is 57.0 Å². The quantitative estimate of drug-likeness (QED) is 0.729. The predicted octanol–water partition coefficient (Wildman–Crippen LogP) is 3.53. The van der Waals surface area contributed by atoms with E-state index in [2.05, 4.69) is 32.2 Å². The van der Waals surface area contributed by atoms with E-state index in [-0.39, 0.29) is 0 Å². The van der Waals surface area contributed by atoms with Crippen molar-refractivity contribution in [3.63, 3.8) is 0 Å². The zero-order valence-electron chi connectivity index (χ0n) is 11.6. The summed E-state index contributed by atoms with van der Waals surface area (Å²) in [5.74, 6) is 0.548. The van der Waals surface area contributed by atoms with E-state index in [1.807, 2.05) is 18.2 Å². The molecule has 2 nitrogen and oxygen atoms in total. The minimum absolute atomic E-state index is 0.318. The number of nitrogens with one attached hydrogen (secondary N) is 1. The number of rotatable bonds is 8. The molecule has 0 bridgehead atoms. The molecule has 0 saturated carbocycles. The van der Waals surface area contributed by atoms with Gasteiger partial charge in [0, 0.05) is 5.02 Å². The van der Waals surface area contributed by atoms with Gasteiger partial charge in [-0.1, -0.05) is 30.7 Å². The van der Waals surface area contributed by atoms with Crippen LogP contribution in [0, 0.1) is 5.92 Å². The van der Waals surface area contributed by atoms with Gasteiger partial charge in [0.1, 0.15) is 0 Å². The Kier molecular flexibility index (Phi) is 7.33. The lowest BCUT2D eigenvalue weighted by Gasteiger charge is -2.15. The lowest BCUT2D eigenvalue weighted by molar-refractivity contribution is 0.0553. The van der Waals surface area contributed by atoms with Crippen LogP contribution >= 0.6 is 11.6 Å². The summed E-state index contributed by atoms with van der Waals surface area (Å²) in [6.45, 7) is 9.13. The third kappa shape index (κ3) is 7.00. The monoisotopic (exact) mass is 269 g/mol. The smallest absolute Gasteiger partial charge is 0.0519 e. The first-order chi connectivity index (χ1) is 8.58. The van der Waals surface area contributed by atoms with Crippen molar-refractivity contribution in [3.8, 4) is 0 Å². The van der Waals surface area contributed by atoms with Gasteiger partial charge < -0.3 is 10.1 Å². The van der Waals surface area contributed by atoms with E-state index in [1.165, 1.54) is 5.56 Å². The molecule has 1 aromatic rings. The maximum Gasteiger partial charge on any atom is 0.0519 e. The molecule has 0 saturated heterocycles. The summed E-state index contributed by atoms with van der Waals surface area (Å²) in [5.41, 5.74) is 1.28. The average molecular weight is 270 g/mol. The summed E-state index contributed by atoms with van der Waals surface area (Å²) < 4.78 is 5.58. The highest BCUT2D eigenvalue weighted by Gasteiger charge is 2.03. The number of halogens is 1. The summed E-state index contributed by atoms with van der Waals surface area (Å²) in [6.07, 6.45) is 1.33. The molecule has 0 spiro atoms. The highest BCUT2D eigenvalue weighted by molar-refractivity contribution is 6.30. The standard InChI is InChI=1S/C15H24ClNO/c1-12(2)18-11-13(3)10-17-8-7-14-5-4-6-15(16)9-14/h4-6,9,12-13,17H,7-8,10-11H2,1-3H3. The van der Waals surface area contributed by atoms with Gasteiger partial charge in [-0.2, -0.15) is 0 Å². The maximum atomic E-state index is 5.94. The Morgan fingerprint density at radius 1 is 1.28 bits per heavy atom. The molecule has 0 aliphatic heterocycles. The Bertz CT molecular complexity index is 341. The van der Waals surface area contributed by atoms with E-state index in [1.54, 1.807) is 0 Å². The van der Waals surface area contributed by atoms with E-state index in [0.29, 0.717) is 12.0 Å². The van der Waals surface area contributed by atoms with Crippen LogP contribution in [0.15, 0.2) is 24.3 Å². The largest absolute Gasteiger partial charge is 0.378 e. The van der Waals surface area contributed by atoms with Crippen molar-refractivity contribution < 1.29 is 4.74 Å². The van der Waals surface area contributed by atoms with Crippen LogP contribution in [-0.2, 0) is 11.2 Å². The average Bonchev–Trinajstić information content (AvgIpc) is 2.32. The van der Waals surface area contributed by atoms with E-state index < -0.39 is 0 Å². The van der Waals surface area contributed by atoms with Gasteiger partial charge in [-0.15, -0.1) is 0 Å². The van der Waals surface area contributed by atoms with Crippen LogP contribution < -0.4 is 5.32 Å². The van der Waals surface area contributed by atoms with Crippen LogP contribution in [0.3, 0.4) is 0 Å². The van der Waals surface area contributed by atoms with Gasteiger partial charge in [-0.25, -0.2) is 0 Å². The van der Waals surface area contributed by atoms with Crippen LogP contribution in [0.25, 0.3) is 0 Å². The summed E-state index contributed by atoms with van der Waals surface area (Å²) in [5, 5.41) is 4.27. The van der Waals surface area contributed by atoms with Gasteiger partial charge in [0.2, 0.25) is 0 Å². The zero-order chi connectivity index (χ0) is 13.4. The Labute approximate surface area is 116 Å². The van der Waals surface area contributed by atoms with Gasteiger partial charge in [-0.3, -0.25) is 0 Å². The van der Waals surface area contributed by atoms with Crippen LogP contribution in [0.4, 0.5) is 0 Å². The molecule has 0 fully saturated rings. The molecular weight excluding hydrogens is 246 g/mol. The number of benzene rings is 1. The summed E-state index contributed by atoms with van der Waals surface area (Å²) >= 11 is 5.94. The van der Waals surface area contributed by atoms with E-state index in [4.69, 9.17) is 16.3 Å². The van der Waals surface area contributed by atoms with Gasteiger partial charge in [0.25, 0.3) is 0 Å². The minimum atomic E-state index is 0.318. The third-order valence-electron chi connectivity index (χ3n) is 2.69. The Morgan fingerprint density at radius 3 is 2.72 bits per heavy atom. The van der Waals surface area contributed by atoms with Crippen molar-refractivity contribution >= 4 is 11.6 Å². The molecule has 1 atom stereocenters. The van der Waals surface area contributed by atoms with Crippen LogP contribution in [0.2, 0.25) is 5.02 Å². The molecule has 0 amide bonds. The third-order valence-corrected chi connectivity index (χ3v) is 2.92. The summed E-state index contributed by atoms with van der Waals surface area (Å²) in [6, 6.07) is 8.04. The van der Waals surface area contributed by atoms with E-state index in [9.17, 15) is 0 Å². The SMILES string of the molecule is CC(CNCCc1cccc(Cl)c1)COC(C)C. The zero-order valence-corrected chi connectivity index (χ0v) is 12.3. The highest BCUT2D eigenvalue weighted by atomic mass is 35.5. The molecule has 1 unspecified atom stereocenters. The molecule has 1 aromatic carbocycles. The van der Waals surface area contributed by atoms with Crippen molar-refractivity contribution in [2.45, 2.75) is 33.3 Å². The number of hydrogen-bond donors (Lipinski definition) is 1. The van der Waals surface area contributed by atoms with Crippen molar-refractivity contribution in [1.82, 2.24) is 5.32 Å². The summed E-state index contributed by atoms with van der Waals surface area (Å²) in [7, 11) is 0. The van der Waals surface area contributed by atoms with Crippen LogP contribution in [0.1, 0.15) is 26.3 Å². The first kappa shape index (κ1) is 15.5. The molecular formula is C15H24ClNO. The fourth-order valence-electron chi connectivity index (χ4n) is 1.69. The minimum Gasteiger partial charge on any atom is -0.378 e. The second-order valence-electron chi connectivity index (χ2n) is 5.07. The van der Waals surface area contributed by atoms with Gasteiger partial charge in [0.15, 0.2) is 0 Å². The molecule has 0 aromatic heterocycles.